The topological polar surface area (TPSA) is 12.0 Å². The molecule has 1 aliphatic carbocycles. The molecule has 0 radical (unpaired) electrons. The Balaban J connectivity index is 2.42. The fourth-order valence-electron chi connectivity index (χ4n) is 2.92. The van der Waals surface area contributed by atoms with Crippen LogP contribution in [0.4, 0.5) is 0 Å². The highest BCUT2D eigenvalue weighted by Crippen LogP contribution is 2.39. The summed E-state index contributed by atoms with van der Waals surface area (Å²) in [7, 11) is 2.08. The van der Waals surface area contributed by atoms with Gasteiger partial charge in [-0.3, -0.25) is 0 Å². The van der Waals surface area contributed by atoms with E-state index in [1.807, 2.05) is 6.07 Å². The van der Waals surface area contributed by atoms with Crippen molar-refractivity contribution in [2.45, 2.75) is 44.6 Å². The summed E-state index contributed by atoms with van der Waals surface area (Å²) in [5, 5.41) is 4.39. The molecule has 0 unspecified atom stereocenters. The van der Waals surface area contributed by atoms with Gasteiger partial charge in [-0.1, -0.05) is 36.9 Å². The minimum atomic E-state index is 0.160. The number of benzene rings is 1. The second-order valence-corrected chi connectivity index (χ2v) is 5.29. The lowest BCUT2D eigenvalue weighted by molar-refractivity contribution is 0.249. The van der Waals surface area contributed by atoms with Crippen molar-refractivity contribution in [2.75, 3.05) is 7.05 Å². The highest BCUT2D eigenvalue weighted by molar-refractivity contribution is 6.30. The monoisotopic (exact) mass is 237 g/mol. The number of hydrogen-bond acceptors (Lipinski definition) is 1. The first-order valence-corrected chi connectivity index (χ1v) is 6.51. The Labute approximate surface area is 103 Å². The minimum Gasteiger partial charge on any atom is -0.310 e. The molecule has 0 amide bonds. The van der Waals surface area contributed by atoms with E-state index in [1.165, 1.54) is 43.2 Å². The highest BCUT2D eigenvalue weighted by Gasteiger charge is 2.33. The van der Waals surface area contributed by atoms with Crippen LogP contribution in [0.3, 0.4) is 0 Å². The lowest BCUT2D eigenvalue weighted by Crippen LogP contribution is -2.42. The van der Waals surface area contributed by atoms with Gasteiger partial charge < -0.3 is 5.32 Å². The molecule has 0 atom stereocenters. The zero-order chi connectivity index (χ0) is 11.6. The summed E-state index contributed by atoms with van der Waals surface area (Å²) >= 11 is 6.13. The molecule has 0 saturated heterocycles. The minimum absolute atomic E-state index is 0.160. The van der Waals surface area contributed by atoms with Gasteiger partial charge in [0.15, 0.2) is 0 Å². The molecule has 1 nitrogen and oxygen atoms in total. The standard InChI is InChI=1S/C14H20ClN/c1-11-6-7-12(15)10-13(11)14(16-2)8-4-3-5-9-14/h6-7,10,16H,3-5,8-9H2,1-2H3. The van der Waals surface area contributed by atoms with Crippen LogP contribution < -0.4 is 5.32 Å². The van der Waals surface area contributed by atoms with Gasteiger partial charge >= 0.3 is 0 Å². The predicted molar refractivity (Wildman–Crippen MR) is 70.0 cm³/mol. The molecule has 1 saturated carbocycles. The van der Waals surface area contributed by atoms with Crippen molar-refractivity contribution < 1.29 is 0 Å². The van der Waals surface area contributed by atoms with E-state index in [0.29, 0.717) is 0 Å². The van der Waals surface area contributed by atoms with Crippen molar-refractivity contribution in [2.24, 2.45) is 0 Å². The first-order chi connectivity index (χ1) is 7.68. The second kappa shape index (κ2) is 4.77. The van der Waals surface area contributed by atoms with Crippen LogP contribution in [0.1, 0.15) is 43.2 Å². The summed E-state index contributed by atoms with van der Waals surface area (Å²) in [6.45, 7) is 2.18. The van der Waals surface area contributed by atoms with Gasteiger partial charge in [0.25, 0.3) is 0 Å². The molecule has 0 heterocycles. The zero-order valence-electron chi connectivity index (χ0n) is 10.1. The third-order valence-corrected chi connectivity index (χ3v) is 4.14. The lowest BCUT2D eigenvalue weighted by atomic mass is 9.75. The van der Waals surface area contributed by atoms with Crippen molar-refractivity contribution in [1.82, 2.24) is 5.32 Å². The van der Waals surface area contributed by atoms with Crippen LogP contribution >= 0.6 is 11.6 Å². The van der Waals surface area contributed by atoms with Crippen molar-refractivity contribution in [3.05, 3.63) is 34.3 Å². The molecule has 16 heavy (non-hydrogen) atoms. The van der Waals surface area contributed by atoms with E-state index in [0.717, 1.165) is 5.02 Å². The Morgan fingerprint density at radius 2 is 1.88 bits per heavy atom. The van der Waals surface area contributed by atoms with Gasteiger partial charge in [0.1, 0.15) is 0 Å². The van der Waals surface area contributed by atoms with Gasteiger partial charge in [0.05, 0.1) is 0 Å². The second-order valence-electron chi connectivity index (χ2n) is 4.85. The van der Waals surface area contributed by atoms with Crippen LogP contribution in [0.25, 0.3) is 0 Å². The summed E-state index contributed by atoms with van der Waals surface area (Å²) in [5.74, 6) is 0. The molecule has 0 spiro atoms. The van der Waals surface area contributed by atoms with Crippen LogP contribution in [0.5, 0.6) is 0 Å². The average Bonchev–Trinajstić information content (AvgIpc) is 2.33. The van der Waals surface area contributed by atoms with E-state index in [9.17, 15) is 0 Å². The number of nitrogens with one attached hydrogen (secondary N) is 1. The number of rotatable bonds is 2. The number of hydrogen-bond donors (Lipinski definition) is 1. The van der Waals surface area contributed by atoms with Crippen LogP contribution in [-0.4, -0.2) is 7.05 Å². The average molecular weight is 238 g/mol. The van der Waals surface area contributed by atoms with Gasteiger partial charge in [-0.15, -0.1) is 0 Å². The maximum atomic E-state index is 6.13. The fraction of sp³-hybridized carbons (Fsp3) is 0.571. The quantitative estimate of drug-likeness (QED) is 0.819. The molecule has 1 aromatic rings. The normalized spacial score (nSPS) is 19.7. The summed E-state index contributed by atoms with van der Waals surface area (Å²) < 4.78 is 0. The van der Waals surface area contributed by atoms with Crippen molar-refractivity contribution in [1.29, 1.82) is 0 Å². The lowest BCUT2D eigenvalue weighted by Gasteiger charge is -2.39. The van der Waals surface area contributed by atoms with E-state index in [-0.39, 0.29) is 5.54 Å². The molecule has 0 aliphatic heterocycles. The molecule has 88 valence electrons. The summed E-state index contributed by atoms with van der Waals surface area (Å²) in [4.78, 5) is 0. The molecule has 1 N–H and O–H groups in total. The van der Waals surface area contributed by atoms with Gasteiger partial charge in [-0.2, -0.15) is 0 Å². The molecule has 2 heteroatoms. The molecule has 0 aromatic heterocycles. The van der Waals surface area contributed by atoms with Crippen molar-refractivity contribution in [3.63, 3.8) is 0 Å². The van der Waals surface area contributed by atoms with Crippen LogP contribution in [0.15, 0.2) is 18.2 Å². The number of halogens is 1. The van der Waals surface area contributed by atoms with Gasteiger partial charge in [-0.05, 0) is 50.1 Å². The van der Waals surface area contributed by atoms with E-state index >= 15 is 0 Å². The Kier molecular flexibility index (Phi) is 3.56. The fourth-order valence-corrected chi connectivity index (χ4v) is 3.09. The third-order valence-electron chi connectivity index (χ3n) is 3.90. The molecule has 1 aromatic carbocycles. The zero-order valence-corrected chi connectivity index (χ0v) is 10.9. The predicted octanol–water partition coefficient (Wildman–Crippen LogP) is 4.03. The van der Waals surface area contributed by atoms with Gasteiger partial charge in [0, 0.05) is 10.6 Å². The molecular formula is C14H20ClN. The first-order valence-electron chi connectivity index (χ1n) is 6.13. The SMILES string of the molecule is CNC1(c2cc(Cl)ccc2C)CCCCC1. The van der Waals surface area contributed by atoms with Gasteiger partial charge in [-0.25, -0.2) is 0 Å². The molecule has 0 bridgehead atoms. The Hall–Kier alpha value is -0.530. The maximum Gasteiger partial charge on any atom is 0.0435 e. The van der Waals surface area contributed by atoms with Gasteiger partial charge in [0.2, 0.25) is 0 Å². The van der Waals surface area contributed by atoms with E-state index in [2.05, 4.69) is 31.4 Å². The van der Waals surface area contributed by atoms with E-state index in [1.54, 1.807) is 0 Å². The van der Waals surface area contributed by atoms with Crippen LogP contribution in [0, 0.1) is 6.92 Å². The Morgan fingerprint density at radius 3 is 2.50 bits per heavy atom. The molecule has 1 fully saturated rings. The van der Waals surface area contributed by atoms with Crippen molar-refractivity contribution >= 4 is 11.6 Å². The van der Waals surface area contributed by atoms with Crippen LogP contribution in [0.2, 0.25) is 5.02 Å². The van der Waals surface area contributed by atoms with E-state index < -0.39 is 0 Å². The summed E-state index contributed by atoms with van der Waals surface area (Å²) in [6.07, 6.45) is 6.44. The van der Waals surface area contributed by atoms with Crippen LogP contribution in [-0.2, 0) is 5.54 Å². The molecule has 2 rings (SSSR count). The highest BCUT2D eigenvalue weighted by atomic mass is 35.5. The Morgan fingerprint density at radius 1 is 1.19 bits per heavy atom. The van der Waals surface area contributed by atoms with Crippen molar-refractivity contribution in [3.8, 4) is 0 Å². The molecular weight excluding hydrogens is 218 g/mol. The summed E-state index contributed by atoms with van der Waals surface area (Å²) in [6, 6.07) is 6.25. The number of aryl methyl sites for hydroxylation is 1. The largest absolute Gasteiger partial charge is 0.310 e. The maximum absolute atomic E-state index is 6.13. The third kappa shape index (κ3) is 2.11. The van der Waals surface area contributed by atoms with E-state index in [4.69, 9.17) is 11.6 Å². The first kappa shape index (κ1) is 11.9. The smallest absolute Gasteiger partial charge is 0.0435 e. The Bertz CT molecular complexity index is 367. The molecule has 1 aliphatic rings. The summed E-state index contributed by atoms with van der Waals surface area (Å²) in [5.41, 5.74) is 2.90.